The molecule has 3 heterocycles. The van der Waals surface area contributed by atoms with E-state index in [0.29, 0.717) is 11.3 Å². The topological polar surface area (TPSA) is 49.2 Å². The average Bonchev–Trinajstić information content (AvgIpc) is 3.05. The molecule has 3 aromatic rings. The first kappa shape index (κ1) is 18.7. The van der Waals surface area contributed by atoms with Gasteiger partial charge >= 0.3 is 0 Å². The Kier molecular flexibility index (Phi) is 5.35. The lowest BCUT2D eigenvalue weighted by Crippen LogP contribution is -2.40. The largest absolute Gasteiger partial charge is 0.396 e. The number of aryl methyl sites for hydroxylation is 2. The lowest BCUT2D eigenvalue weighted by molar-refractivity contribution is 0.262. The van der Waals surface area contributed by atoms with Gasteiger partial charge in [0.2, 0.25) is 5.28 Å². The van der Waals surface area contributed by atoms with Crippen LogP contribution in [0.15, 0.2) is 23.6 Å². The van der Waals surface area contributed by atoms with Gasteiger partial charge in [0, 0.05) is 30.1 Å². The molecule has 1 unspecified atom stereocenters. The molecule has 0 amide bonds. The van der Waals surface area contributed by atoms with Gasteiger partial charge in [-0.25, -0.2) is 4.98 Å². The maximum absolute atomic E-state index is 9.52. The molecule has 0 bridgehead atoms. The lowest BCUT2D eigenvalue weighted by Gasteiger charge is -2.37. The van der Waals surface area contributed by atoms with E-state index < -0.39 is 0 Å². The lowest BCUT2D eigenvalue weighted by atomic mass is 9.97. The van der Waals surface area contributed by atoms with Gasteiger partial charge in [0.15, 0.2) is 0 Å². The summed E-state index contributed by atoms with van der Waals surface area (Å²) in [6.07, 6.45) is 4.16. The maximum atomic E-state index is 9.52. The fourth-order valence-electron chi connectivity index (χ4n) is 4.15. The molecule has 1 aliphatic heterocycles. The maximum Gasteiger partial charge on any atom is 0.225 e. The molecule has 1 saturated heterocycles. The first-order valence-corrected chi connectivity index (χ1v) is 10.7. The van der Waals surface area contributed by atoms with E-state index in [1.807, 2.05) is 0 Å². The third kappa shape index (κ3) is 3.56. The number of anilines is 1. The van der Waals surface area contributed by atoms with E-state index in [0.717, 1.165) is 41.8 Å². The Hall–Kier alpha value is -1.69. The van der Waals surface area contributed by atoms with Gasteiger partial charge in [-0.15, -0.1) is 11.3 Å². The minimum Gasteiger partial charge on any atom is -0.396 e. The number of aliphatic hydroxyl groups excluding tert-OH is 1. The predicted molar refractivity (Wildman–Crippen MR) is 114 cm³/mol. The zero-order valence-electron chi connectivity index (χ0n) is 15.7. The van der Waals surface area contributed by atoms with Crippen LogP contribution in [0.4, 0.5) is 5.82 Å². The summed E-state index contributed by atoms with van der Waals surface area (Å²) in [7, 11) is 0. The van der Waals surface area contributed by atoms with Gasteiger partial charge < -0.3 is 10.0 Å². The van der Waals surface area contributed by atoms with Crippen LogP contribution in [0.5, 0.6) is 0 Å². The van der Waals surface area contributed by atoms with E-state index in [4.69, 9.17) is 11.6 Å². The number of thiophene rings is 1. The molecule has 6 heteroatoms. The van der Waals surface area contributed by atoms with Crippen LogP contribution >= 0.6 is 22.9 Å². The number of fused-ring (bicyclic) bond motifs is 1. The number of piperidine rings is 1. The summed E-state index contributed by atoms with van der Waals surface area (Å²) in [6, 6.07) is 6.85. The Labute approximate surface area is 168 Å². The summed E-state index contributed by atoms with van der Waals surface area (Å²) in [6.45, 7) is 5.40. The zero-order valence-corrected chi connectivity index (χ0v) is 17.3. The predicted octanol–water partition coefficient (Wildman–Crippen LogP) is 5.37. The van der Waals surface area contributed by atoms with Gasteiger partial charge in [0.05, 0.1) is 5.39 Å². The normalized spacial score (nSPS) is 17.6. The summed E-state index contributed by atoms with van der Waals surface area (Å²) in [4.78, 5) is 12.4. The van der Waals surface area contributed by atoms with Crippen LogP contribution in [-0.4, -0.2) is 34.3 Å². The second kappa shape index (κ2) is 7.74. The van der Waals surface area contributed by atoms with Crippen molar-refractivity contribution in [2.24, 2.45) is 0 Å². The molecule has 0 spiro atoms. The summed E-state index contributed by atoms with van der Waals surface area (Å²) in [5, 5.41) is 13.1. The van der Waals surface area contributed by atoms with E-state index in [9.17, 15) is 5.11 Å². The minimum atomic E-state index is 0.191. The van der Waals surface area contributed by atoms with Gasteiger partial charge in [-0.1, -0.05) is 23.8 Å². The van der Waals surface area contributed by atoms with Crippen LogP contribution in [-0.2, 0) is 0 Å². The molecule has 1 aromatic carbocycles. The van der Waals surface area contributed by atoms with Crippen LogP contribution in [0.2, 0.25) is 5.28 Å². The van der Waals surface area contributed by atoms with Crippen molar-refractivity contribution in [3.05, 3.63) is 40.0 Å². The smallest absolute Gasteiger partial charge is 0.225 e. The summed E-state index contributed by atoms with van der Waals surface area (Å²) in [5.74, 6) is 0.916. The van der Waals surface area contributed by atoms with Gasteiger partial charge in [0.25, 0.3) is 0 Å². The molecule has 2 aromatic heterocycles. The number of hydrogen-bond acceptors (Lipinski definition) is 5. The first-order chi connectivity index (χ1) is 13.1. The molecule has 1 aliphatic rings. The highest BCUT2D eigenvalue weighted by molar-refractivity contribution is 7.17. The molecular formula is C21H24ClN3OS. The quantitative estimate of drug-likeness (QED) is 0.597. The van der Waals surface area contributed by atoms with Crippen molar-refractivity contribution in [3.8, 4) is 11.1 Å². The van der Waals surface area contributed by atoms with Crippen molar-refractivity contribution in [3.63, 3.8) is 0 Å². The first-order valence-electron chi connectivity index (χ1n) is 9.48. The molecule has 27 heavy (non-hydrogen) atoms. The fourth-order valence-corrected chi connectivity index (χ4v) is 5.30. The summed E-state index contributed by atoms with van der Waals surface area (Å²) >= 11 is 7.90. The number of benzene rings is 1. The van der Waals surface area contributed by atoms with Crippen LogP contribution in [0.1, 0.15) is 36.8 Å². The standard InChI is InChI=1S/C21H24ClN3OS/c1-13-6-7-16(14(2)11-13)17-12-27-20-18(17)19(23-21(22)24-20)25-9-4-3-5-15(25)8-10-26/h6-7,11-12,15,26H,3-5,8-10H2,1-2H3. The van der Waals surface area contributed by atoms with Crippen molar-refractivity contribution in [1.29, 1.82) is 0 Å². The minimum absolute atomic E-state index is 0.191. The summed E-state index contributed by atoms with van der Waals surface area (Å²) < 4.78 is 0. The van der Waals surface area contributed by atoms with Gasteiger partial charge in [-0.05, 0) is 62.3 Å². The highest BCUT2D eigenvalue weighted by Gasteiger charge is 2.27. The summed E-state index contributed by atoms with van der Waals surface area (Å²) in [5.41, 5.74) is 4.90. The molecule has 4 rings (SSSR count). The van der Waals surface area contributed by atoms with Crippen molar-refractivity contribution in [1.82, 2.24) is 9.97 Å². The fraction of sp³-hybridized carbons (Fsp3) is 0.429. The number of nitrogens with zero attached hydrogens (tertiary/aromatic N) is 3. The Morgan fingerprint density at radius 2 is 2.07 bits per heavy atom. The Morgan fingerprint density at radius 3 is 2.85 bits per heavy atom. The van der Waals surface area contributed by atoms with E-state index in [1.54, 1.807) is 11.3 Å². The number of aromatic nitrogens is 2. The second-order valence-electron chi connectivity index (χ2n) is 7.32. The van der Waals surface area contributed by atoms with Gasteiger partial charge in [0.1, 0.15) is 10.6 Å². The van der Waals surface area contributed by atoms with Gasteiger partial charge in [-0.3, -0.25) is 0 Å². The van der Waals surface area contributed by atoms with E-state index in [1.165, 1.54) is 28.7 Å². The third-order valence-corrected chi connectivity index (χ3v) is 6.46. The highest BCUT2D eigenvalue weighted by atomic mass is 35.5. The third-order valence-electron chi connectivity index (χ3n) is 5.42. The molecular weight excluding hydrogens is 378 g/mol. The number of hydrogen-bond donors (Lipinski definition) is 1. The molecule has 4 nitrogen and oxygen atoms in total. The van der Waals surface area contributed by atoms with E-state index in [-0.39, 0.29) is 6.61 Å². The van der Waals surface area contributed by atoms with Crippen molar-refractivity contribution in [2.45, 2.75) is 45.6 Å². The van der Waals surface area contributed by atoms with E-state index in [2.05, 4.69) is 52.3 Å². The van der Waals surface area contributed by atoms with Crippen LogP contribution in [0.25, 0.3) is 21.3 Å². The monoisotopic (exact) mass is 401 g/mol. The van der Waals surface area contributed by atoms with Crippen LogP contribution in [0, 0.1) is 13.8 Å². The average molecular weight is 402 g/mol. The van der Waals surface area contributed by atoms with Gasteiger partial charge in [-0.2, -0.15) is 4.98 Å². The second-order valence-corrected chi connectivity index (χ2v) is 8.52. The van der Waals surface area contributed by atoms with E-state index >= 15 is 0 Å². The molecule has 0 saturated carbocycles. The number of rotatable bonds is 4. The van der Waals surface area contributed by atoms with Crippen molar-refractivity contribution in [2.75, 3.05) is 18.1 Å². The Bertz CT molecular complexity index is 969. The SMILES string of the molecule is Cc1ccc(-c2csc3nc(Cl)nc(N4CCCCC4CCO)c23)c(C)c1. The zero-order chi connectivity index (χ0) is 19.0. The van der Waals surface area contributed by atoms with Crippen LogP contribution in [0.3, 0.4) is 0 Å². The molecule has 0 aliphatic carbocycles. The number of halogens is 1. The molecule has 1 atom stereocenters. The Balaban J connectivity index is 1.91. The Morgan fingerprint density at radius 1 is 1.22 bits per heavy atom. The highest BCUT2D eigenvalue weighted by Crippen LogP contribution is 2.41. The molecule has 1 N–H and O–H groups in total. The molecule has 1 fully saturated rings. The molecule has 142 valence electrons. The van der Waals surface area contributed by atoms with Crippen molar-refractivity contribution < 1.29 is 5.11 Å². The van der Waals surface area contributed by atoms with Crippen LogP contribution < -0.4 is 4.90 Å². The van der Waals surface area contributed by atoms with Crippen molar-refractivity contribution >= 4 is 39.0 Å². The number of aliphatic hydroxyl groups is 1. The molecule has 0 radical (unpaired) electrons.